The van der Waals surface area contributed by atoms with Gasteiger partial charge in [0.05, 0.1) is 0 Å². The third kappa shape index (κ3) is 3.09. The predicted molar refractivity (Wildman–Crippen MR) is 76.8 cm³/mol. The van der Waals surface area contributed by atoms with Gasteiger partial charge in [-0.1, -0.05) is 0 Å². The van der Waals surface area contributed by atoms with Crippen molar-refractivity contribution in [2.75, 3.05) is 0 Å². The molecule has 0 bridgehead atoms. The minimum Gasteiger partial charge on any atom is -0.478 e. The zero-order chi connectivity index (χ0) is 17.5. The number of carboxylic acid groups (broad SMARTS) is 2. The highest BCUT2D eigenvalue weighted by molar-refractivity contribution is 6.02. The molecule has 8 nitrogen and oxygen atoms in total. The summed E-state index contributed by atoms with van der Waals surface area (Å²) in [5.74, 6) is -4.68. The average molecular weight is 340 g/mol. The number of carbonyl (C=O) groups excluding carboxylic acids is 2. The van der Waals surface area contributed by atoms with E-state index < -0.39 is 41.5 Å². The van der Waals surface area contributed by atoms with Crippen LogP contribution in [0.25, 0.3) is 0 Å². The number of rotatable bonds is 8. The first kappa shape index (κ1) is 16.7. The van der Waals surface area contributed by atoms with Crippen molar-refractivity contribution in [2.24, 2.45) is 17.3 Å². The van der Waals surface area contributed by atoms with Crippen LogP contribution in [0.4, 0.5) is 0 Å². The molecule has 0 aromatic carbocycles. The van der Waals surface area contributed by atoms with E-state index in [2.05, 4.69) is 0 Å². The smallest absolute Gasteiger partial charge is 0.345 e. The lowest BCUT2D eigenvalue weighted by atomic mass is 9.68. The van der Waals surface area contributed by atoms with Gasteiger partial charge in [-0.05, 0) is 44.9 Å². The first-order valence-corrected chi connectivity index (χ1v) is 8.23. The average Bonchev–Trinajstić information content (AvgIpc) is 3.33. The maximum absolute atomic E-state index is 12.4. The van der Waals surface area contributed by atoms with Gasteiger partial charge >= 0.3 is 23.9 Å². The third-order valence-electron chi connectivity index (χ3n) is 5.04. The molecule has 0 aliphatic heterocycles. The van der Waals surface area contributed by atoms with E-state index in [1.807, 2.05) is 0 Å². The fourth-order valence-corrected chi connectivity index (χ4v) is 2.97. The molecule has 24 heavy (non-hydrogen) atoms. The van der Waals surface area contributed by atoms with Crippen LogP contribution >= 0.6 is 0 Å². The summed E-state index contributed by atoms with van der Waals surface area (Å²) in [6.07, 6.45) is 1.18. The minimum absolute atomic E-state index is 0.193. The zero-order valence-corrected chi connectivity index (χ0v) is 13.1. The SMILES string of the molecule is O=C(O)C(OC(=O)C1(C(=O)OC(C(=O)O)C2CC2)CCC1)C1CC1. The van der Waals surface area contributed by atoms with Crippen molar-refractivity contribution in [1.82, 2.24) is 0 Å². The molecule has 0 aromatic heterocycles. The fourth-order valence-electron chi connectivity index (χ4n) is 2.97. The van der Waals surface area contributed by atoms with Crippen LogP contribution in [0.5, 0.6) is 0 Å². The molecule has 2 unspecified atom stereocenters. The van der Waals surface area contributed by atoms with Gasteiger partial charge in [0.25, 0.3) is 0 Å². The molecule has 0 heterocycles. The van der Waals surface area contributed by atoms with Crippen molar-refractivity contribution in [3.63, 3.8) is 0 Å². The maximum atomic E-state index is 12.4. The van der Waals surface area contributed by atoms with Gasteiger partial charge in [0.1, 0.15) is 0 Å². The van der Waals surface area contributed by atoms with E-state index in [1.54, 1.807) is 0 Å². The fraction of sp³-hybridized carbons (Fsp3) is 0.750. The van der Waals surface area contributed by atoms with Gasteiger partial charge in [0.15, 0.2) is 5.41 Å². The number of ether oxygens (including phenoxy) is 2. The molecule has 0 saturated heterocycles. The summed E-state index contributed by atoms with van der Waals surface area (Å²) in [6, 6.07) is 0. The topological polar surface area (TPSA) is 127 Å². The second kappa shape index (κ2) is 6.07. The van der Waals surface area contributed by atoms with Crippen LogP contribution in [0.1, 0.15) is 44.9 Å². The van der Waals surface area contributed by atoms with E-state index in [0.29, 0.717) is 32.1 Å². The number of aliphatic carboxylic acids is 2. The van der Waals surface area contributed by atoms with Crippen molar-refractivity contribution >= 4 is 23.9 Å². The Morgan fingerprint density at radius 1 is 0.792 bits per heavy atom. The molecule has 0 amide bonds. The second-order valence-corrected chi connectivity index (χ2v) is 6.94. The lowest BCUT2D eigenvalue weighted by Gasteiger charge is -2.37. The Kier molecular flexibility index (Phi) is 4.23. The summed E-state index contributed by atoms with van der Waals surface area (Å²) >= 11 is 0. The van der Waals surface area contributed by atoms with Crippen LogP contribution in [0, 0.1) is 17.3 Å². The standard InChI is InChI=1S/C16H20O8/c17-12(18)10(8-2-3-8)23-14(21)16(6-1-7-16)15(22)24-11(13(19)20)9-4-5-9/h8-11H,1-7H2,(H,17,18)(H,19,20). The van der Waals surface area contributed by atoms with E-state index in [4.69, 9.17) is 19.7 Å². The molecule has 3 fully saturated rings. The Hall–Kier alpha value is -2.12. The van der Waals surface area contributed by atoms with Gasteiger partial charge in [-0.2, -0.15) is 0 Å². The van der Waals surface area contributed by atoms with Crippen LogP contribution < -0.4 is 0 Å². The van der Waals surface area contributed by atoms with Crippen LogP contribution in [-0.2, 0) is 28.7 Å². The highest BCUT2D eigenvalue weighted by atomic mass is 16.6. The normalized spacial score (nSPS) is 24.2. The van der Waals surface area contributed by atoms with Gasteiger partial charge in [-0.25, -0.2) is 9.59 Å². The number of esters is 2. The quantitative estimate of drug-likeness (QED) is 0.494. The molecule has 2 atom stereocenters. The Bertz CT molecular complexity index is 525. The molecular formula is C16H20O8. The molecule has 3 rings (SSSR count). The molecular weight excluding hydrogens is 320 g/mol. The molecule has 8 heteroatoms. The lowest BCUT2D eigenvalue weighted by Crippen LogP contribution is -2.50. The van der Waals surface area contributed by atoms with Crippen LogP contribution in [0.2, 0.25) is 0 Å². The Labute approximate surface area is 138 Å². The summed E-state index contributed by atoms with van der Waals surface area (Å²) < 4.78 is 10.2. The van der Waals surface area contributed by atoms with Crippen molar-refractivity contribution in [1.29, 1.82) is 0 Å². The monoisotopic (exact) mass is 340 g/mol. The Morgan fingerprint density at radius 3 is 1.38 bits per heavy atom. The number of carboxylic acids is 2. The highest BCUT2D eigenvalue weighted by Gasteiger charge is 2.57. The van der Waals surface area contributed by atoms with E-state index in [1.165, 1.54) is 0 Å². The Balaban J connectivity index is 1.68. The molecule has 0 spiro atoms. The first-order valence-electron chi connectivity index (χ1n) is 8.23. The van der Waals surface area contributed by atoms with Gasteiger partial charge in [0.2, 0.25) is 12.2 Å². The summed E-state index contributed by atoms with van der Waals surface area (Å²) in [7, 11) is 0. The molecule has 3 saturated carbocycles. The van der Waals surface area contributed by atoms with Crippen molar-refractivity contribution < 1.29 is 38.9 Å². The van der Waals surface area contributed by atoms with E-state index >= 15 is 0 Å². The Morgan fingerprint density at radius 2 is 1.17 bits per heavy atom. The number of hydrogen-bond acceptors (Lipinski definition) is 6. The molecule has 132 valence electrons. The molecule has 0 aromatic rings. The first-order chi connectivity index (χ1) is 11.3. The predicted octanol–water partition coefficient (Wildman–Crippen LogP) is 0.969. The van der Waals surface area contributed by atoms with E-state index in [9.17, 15) is 19.2 Å². The molecule has 2 N–H and O–H groups in total. The van der Waals surface area contributed by atoms with Gasteiger partial charge in [-0.15, -0.1) is 0 Å². The van der Waals surface area contributed by atoms with Crippen molar-refractivity contribution in [3.05, 3.63) is 0 Å². The van der Waals surface area contributed by atoms with Crippen molar-refractivity contribution in [3.8, 4) is 0 Å². The van der Waals surface area contributed by atoms with Gasteiger partial charge in [0, 0.05) is 11.8 Å². The number of carbonyl (C=O) groups is 4. The van der Waals surface area contributed by atoms with Crippen LogP contribution in [0.15, 0.2) is 0 Å². The zero-order valence-electron chi connectivity index (χ0n) is 13.1. The summed E-state index contributed by atoms with van der Waals surface area (Å²) in [5, 5.41) is 18.3. The summed E-state index contributed by atoms with van der Waals surface area (Å²) in [6.45, 7) is 0. The van der Waals surface area contributed by atoms with Gasteiger partial charge in [-0.3, -0.25) is 9.59 Å². The lowest BCUT2D eigenvalue weighted by molar-refractivity contribution is -0.193. The number of hydrogen-bond donors (Lipinski definition) is 2. The van der Waals surface area contributed by atoms with Gasteiger partial charge < -0.3 is 19.7 Å². The van der Waals surface area contributed by atoms with Crippen molar-refractivity contribution in [2.45, 2.75) is 57.2 Å². The third-order valence-corrected chi connectivity index (χ3v) is 5.04. The summed E-state index contributed by atoms with van der Waals surface area (Å²) in [5.41, 5.74) is -1.55. The van der Waals surface area contributed by atoms with Crippen LogP contribution in [-0.4, -0.2) is 46.3 Å². The molecule has 3 aliphatic carbocycles. The van der Waals surface area contributed by atoms with E-state index in [0.717, 1.165) is 0 Å². The minimum atomic E-state index is -1.55. The van der Waals surface area contributed by atoms with Crippen LogP contribution in [0.3, 0.4) is 0 Å². The largest absolute Gasteiger partial charge is 0.478 e. The molecule has 0 radical (unpaired) electrons. The molecule has 3 aliphatic rings. The maximum Gasteiger partial charge on any atom is 0.345 e. The second-order valence-electron chi connectivity index (χ2n) is 6.94. The highest BCUT2D eigenvalue weighted by Crippen LogP contribution is 2.46. The summed E-state index contributed by atoms with van der Waals surface area (Å²) in [4.78, 5) is 47.3. The van der Waals surface area contributed by atoms with E-state index in [-0.39, 0.29) is 24.7 Å².